The molecule has 0 saturated carbocycles. The normalized spacial score (nSPS) is 8.69. The van der Waals surface area contributed by atoms with E-state index in [1.807, 2.05) is 45.0 Å². The van der Waals surface area contributed by atoms with Crippen molar-refractivity contribution in [3.05, 3.63) is 24.3 Å². The van der Waals surface area contributed by atoms with Crippen LogP contribution in [0.2, 0.25) is 0 Å². The third-order valence-electron chi connectivity index (χ3n) is 1.57. The van der Waals surface area contributed by atoms with Crippen LogP contribution in [0.4, 0.5) is 5.69 Å². The molecule has 1 rings (SSSR count). The molecule has 13 heavy (non-hydrogen) atoms. The van der Waals surface area contributed by atoms with E-state index in [4.69, 9.17) is 5.84 Å². The largest absolute Gasteiger partial charge is 0.311 e. The molecular weight excluding hydrogens is 179 g/mol. The van der Waals surface area contributed by atoms with Crippen LogP contribution >= 0.6 is 9.24 Å². The summed E-state index contributed by atoms with van der Waals surface area (Å²) in [5.74, 6) is 5.67. The van der Waals surface area contributed by atoms with Crippen molar-refractivity contribution >= 4 is 20.2 Å². The molecule has 0 amide bonds. The van der Waals surface area contributed by atoms with Crippen molar-refractivity contribution in [1.82, 2.24) is 0 Å². The summed E-state index contributed by atoms with van der Waals surface area (Å²) in [6.07, 6.45) is 0. The van der Waals surface area contributed by atoms with Gasteiger partial charge in [0.2, 0.25) is 0 Å². The summed E-state index contributed by atoms with van der Waals surface area (Å²) in [6.45, 7) is 6.85. The van der Waals surface area contributed by atoms with Crippen molar-refractivity contribution in [1.29, 1.82) is 0 Å². The molecule has 0 aliphatic rings. The predicted octanol–water partition coefficient (Wildman–Crippen LogP) is 1.91. The van der Waals surface area contributed by atoms with Gasteiger partial charge < -0.3 is 5.01 Å². The molecule has 3 heteroatoms. The highest BCUT2D eigenvalue weighted by atomic mass is 31.0. The summed E-state index contributed by atoms with van der Waals surface area (Å²) in [4.78, 5) is 0. The van der Waals surface area contributed by atoms with Crippen molar-refractivity contribution in [2.45, 2.75) is 20.8 Å². The number of rotatable bonds is 2. The van der Waals surface area contributed by atoms with E-state index in [1.54, 1.807) is 5.01 Å². The van der Waals surface area contributed by atoms with Crippen LogP contribution in [-0.4, -0.2) is 6.54 Å². The molecule has 0 saturated heterocycles. The molecule has 1 aromatic carbocycles. The third-order valence-corrected chi connectivity index (χ3v) is 1.95. The SMILES string of the molecule is CC.CCN(N)c1ccc(P)cc1. The lowest BCUT2D eigenvalue weighted by atomic mass is 10.3. The molecule has 0 aliphatic carbocycles. The highest BCUT2D eigenvalue weighted by Gasteiger charge is 1.95. The Labute approximate surface area is 83.3 Å². The first-order chi connectivity index (χ1) is 6.24. The fourth-order valence-electron chi connectivity index (χ4n) is 0.848. The zero-order valence-electron chi connectivity index (χ0n) is 8.62. The van der Waals surface area contributed by atoms with Gasteiger partial charge in [-0.05, 0) is 24.4 Å². The van der Waals surface area contributed by atoms with Crippen LogP contribution in [0, 0.1) is 0 Å². The van der Waals surface area contributed by atoms with Gasteiger partial charge in [0.1, 0.15) is 0 Å². The molecule has 1 aromatic rings. The summed E-state index contributed by atoms with van der Waals surface area (Å²) in [5.41, 5.74) is 1.05. The molecule has 74 valence electrons. The van der Waals surface area contributed by atoms with E-state index in [2.05, 4.69) is 9.24 Å². The van der Waals surface area contributed by atoms with Crippen molar-refractivity contribution in [3.8, 4) is 0 Å². The van der Waals surface area contributed by atoms with Crippen LogP contribution in [0.1, 0.15) is 20.8 Å². The van der Waals surface area contributed by atoms with Gasteiger partial charge in [-0.25, -0.2) is 5.84 Å². The van der Waals surface area contributed by atoms with Crippen molar-refractivity contribution < 1.29 is 0 Å². The maximum absolute atomic E-state index is 5.67. The fourth-order valence-corrected chi connectivity index (χ4v) is 1.04. The van der Waals surface area contributed by atoms with Crippen molar-refractivity contribution in [2.75, 3.05) is 11.6 Å². The fraction of sp³-hybridized carbons (Fsp3) is 0.400. The number of benzene rings is 1. The van der Waals surface area contributed by atoms with E-state index in [0.717, 1.165) is 12.2 Å². The lowest BCUT2D eigenvalue weighted by molar-refractivity contribution is 0.892. The van der Waals surface area contributed by atoms with Gasteiger partial charge in [0.25, 0.3) is 0 Å². The Balaban J connectivity index is 0.000000671. The van der Waals surface area contributed by atoms with E-state index >= 15 is 0 Å². The summed E-state index contributed by atoms with van der Waals surface area (Å²) < 4.78 is 0. The second-order valence-corrected chi connectivity index (χ2v) is 3.04. The van der Waals surface area contributed by atoms with Gasteiger partial charge in [-0.1, -0.05) is 26.0 Å². The van der Waals surface area contributed by atoms with Gasteiger partial charge in [0.05, 0.1) is 5.69 Å². The van der Waals surface area contributed by atoms with Gasteiger partial charge in [0.15, 0.2) is 0 Å². The second kappa shape index (κ2) is 6.88. The van der Waals surface area contributed by atoms with Gasteiger partial charge in [-0.3, -0.25) is 0 Å². The van der Waals surface area contributed by atoms with Crippen LogP contribution in [0.3, 0.4) is 0 Å². The van der Waals surface area contributed by atoms with E-state index < -0.39 is 0 Å². The highest BCUT2D eigenvalue weighted by Crippen LogP contribution is 2.08. The Morgan fingerprint density at radius 2 is 1.69 bits per heavy atom. The summed E-state index contributed by atoms with van der Waals surface area (Å²) in [6, 6.07) is 8.06. The first kappa shape index (κ1) is 12.4. The standard InChI is InChI=1S/C8H13N2P.C2H6/c1-2-10(9)7-3-5-8(11)6-4-7;1-2/h3-6H,2,9,11H2,1H3;1-2H3. The number of hydrazine groups is 1. The molecular formula is C10H19N2P. The Morgan fingerprint density at radius 1 is 1.23 bits per heavy atom. The molecule has 0 heterocycles. The molecule has 0 aliphatic heterocycles. The summed E-state index contributed by atoms with van der Waals surface area (Å²) >= 11 is 0. The molecule has 0 fully saturated rings. The van der Waals surface area contributed by atoms with E-state index in [1.165, 1.54) is 5.30 Å². The molecule has 2 N–H and O–H groups in total. The maximum atomic E-state index is 5.67. The maximum Gasteiger partial charge on any atom is 0.0517 e. The minimum atomic E-state index is 0.830. The van der Waals surface area contributed by atoms with Gasteiger partial charge >= 0.3 is 0 Å². The Bertz CT molecular complexity index is 221. The number of hydrogen-bond acceptors (Lipinski definition) is 2. The average molecular weight is 198 g/mol. The average Bonchev–Trinajstić information content (AvgIpc) is 2.21. The molecule has 0 spiro atoms. The smallest absolute Gasteiger partial charge is 0.0517 e. The van der Waals surface area contributed by atoms with E-state index in [-0.39, 0.29) is 0 Å². The Hall–Kier alpha value is -0.590. The van der Waals surface area contributed by atoms with Crippen LogP contribution in [0.25, 0.3) is 0 Å². The topological polar surface area (TPSA) is 29.3 Å². The summed E-state index contributed by atoms with van der Waals surface area (Å²) in [5, 5.41) is 2.89. The van der Waals surface area contributed by atoms with Crippen LogP contribution in [0.15, 0.2) is 24.3 Å². The minimum absolute atomic E-state index is 0.830. The highest BCUT2D eigenvalue weighted by molar-refractivity contribution is 7.27. The molecule has 2 nitrogen and oxygen atoms in total. The number of nitrogens with two attached hydrogens (primary N) is 1. The summed E-state index contributed by atoms with van der Waals surface area (Å²) in [7, 11) is 2.64. The minimum Gasteiger partial charge on any atom is -0.311 e. The first-order valence-electron chi connectivity index (χ1n) is 4.62. The Kier molecular flexibility index (Phi) is 6.56. The number of nitrogens with zero attached hydrogens (tertiary/aromatic N) is 1. The monoisotopic (exact) mass is 198 g/mol. The third kappa shape index (κ3) is 4.25. The van der Waals surface area contributed by atoms with Crippen molar-refractivity contribution in [3.63, 3.8) is 0 Å². The lowest BCUT2D eigenvalue weighted by Gasteiger charge is -2.15. The van der Waals surface area contributed by atoms with Crippen molar-refractivity contribution in [2.24, 2.45) is 5.84 Å². The van der Waals surface area contributed by atoms with Crippen LogP contribution in [-0.2, 0) is 0 Å². The lowest BCUT2D eigenvalue weighted by Crippen LogP contribution is -2.30. The predicted molar refractivity (Wildman–Crippen MR) is 64.3 cm³/mol. The van der Waals surface area contributed by atoms with Gasteiger partial charge in [0, 0.05) is 6.54 Å². The second-order valence-electron chi connectivity index (χ2n) is 2.38. The number of hydrogen-bond donors (Lipinski definition) is 1. The quantitative estimate of drug-likeness (QED) is 0.447. The van der Waals surface area contributed by atoms with E-state index in [9.17, 15) is 0 Å². The number of anilines is 1. The van der Waals surface area contributed by atoms with Gasteiger partial charge in [-0.2, -0.15) is 0 Å². The molecule has 1 unspecified atom stereocenters. The van der Waals surface area contributed by atoms with E-state index in [0.29, 0.717) is 0 Å². The Morgan fingerprint density at radius 3 is 2.08 bits per heavy atom. The molecule has 0 aromatic heterocycles. The van der Waals surface area contributed by atoms with Crippen LogP contribution in [0.5, 0.6) is 0 Å². The zero-order chi connectivity index (χ0) is 10.3. The van der Waals surface area contributed by atoms with Crippen LogP contribution < -0.4 is 16.2 Å². The van der Waals surface area contributed by atoms with Gasteiger partial charge in [-0.15, -0.1) is 9.24 Å². The molecule has 0 radical (unpaired) electrons. The first-order valence-corrected chi connectivity index (χ1v) is 5.19. The molecule has 1 atom stereocenters. The zero-order valence-corrected chi connectivity index (χ0v) is 9.77. The molecule has 0 bridgehead atoms.